The zero-order valence-electron chi connectivity index (χ0n) is 6.53. The molecule has 0 aromatic rings. The van der Waals surface area contributed by atoms with E-state index in [0.29, 0.717) is 0 Å². The zero-order chi connectivity index (χ0) is 8.69. The van der Waals surface area contributed by atoms with Crippen LogP contribution in [0.1, 0.15) is 13.8 Å². The molecule has 0 radical (unpaired) electrons. The van der Waals surface area contributed by atoms with Gasteiger partial charge in [-0.2, -0.15) is 0 Å². The van der Waals surface area contributed by atoms with Crippen molar-refractivity contribution >= 4 is 11.9 Å². The molecule has 0 bridgehead atoms. The lowest BCUT2D eigenvalue weighted by Crippen LogP contribution is -2.06. The van der Waals surface area contributed by atoms with Gasteiger partial charge in [-0.1, -0.05) is 12.2 Å². The van der Waals surface area contributed by atoms with Crippen molar-refractivity contribution in [2.75, 3.05) is 0 Å². The third kappa shape index (κ3) is 5.08. The van der Waals surface area contributed by atoms with Gasteiger partial charge in [-0.3, -0.25) is 0 Å². The molecule has 0 aliphatic heterocycles. The Kier molecular flexibility index (Phi) is 4.73. The molecule has 3 heteroatoms. The highest BCUT2D eigenvalue weighted by Crippen LogP contribution is 1.84. The van der Waals surface area contributed by atoms with Crippen molar-refractivity contribution in [1.82, 2.24) is 0 Å². The van der Waals surface area contributed by atoms with Crippen molar-refractivity contribution < 1.29 is 14.3 Å². The summed E-state index contributed by atoms with van der Waals surface area (Å²) < 4.78 is 4.28. The van der Waals surface area contributed by atoms with E-state index in [1.54, 1.807) is 13.8 Å². The Hall–Kier alpha value is -1.38. The number of carbonyl (C=O) groups excluding carboxylic acids is 2. The lowest BCUT2D eigenvalue weighted by Gasteiger charge is -1.91. The van der Waals surface area contributed by atoms with Gasteiger partial charge in [0.05, 0.1) is 0 Å². The van der Waals surface area contributed by atoms with Gasteiger partial charge in [0.15, 0.2) is 0 Å². The first-order chi connectivity index (χ1) is 5.20. The van der Waals surface area contributed by atoms with Gasteiger partial charge in [-0.25, -0.2) is 9.59 Å². The first-order valence-electron chi connectivity index (χ1n) is 3.22. The second-order valence-corrected chi connectivity index (χ2v) is 1.74. The third-order valence-corrected chi connectivity index (χ3v) is 0.807. The van der Waals surface area contributed by atoms with Gasteiger partial charge in [-0.05, 0) is 13.8 Å². The van der Waals surface area contributed by atoms with Crippen LogP contribution in [-0.4, -0.2) is 11.9 Å². The monoisotopic (exact) mass is 154 g/mol. The summed E-state index contributed by atoms with van der Waals surface area (Å²) in [6, 6.07) is 0. The molecule has 0 atom stereocenters. The molecule has 60 valence electrons. The number of esters is 2. The van der Waals surface area contributed by atoms with Gasteiger partial charge in [0.1, 0.15) is 0 Å². The van der Waals surface area contributed by atoms with Gasteiger partial charge < -0.3 is 4.74 Å². The van der Waals surface area contributed by atoms with Crippen LogP contribution in [0.5, 0.6) is 0 Å². The second kappa shape index (κ2) is 5.41. The SMILES string of the molecule is C/C=C\C(=O)OC(=O)/C=C/C. The summed E-state index contributed by atoms with van der Waals surface area (Å²) in [5, 5.41) is 0. The minimum atomic E-state index is -0.643. The molecular formula is C8H10O3. The summed E-state index contributed by atoms with van der Waals surface area (Å²) in [7, 11) is 0. The maximum absolute atomic E-state index is 10.6. The Bertz CT molecular complexity index is 179. The molecule has 3 nitrogen and oxygen atoms in total. The summed E-state index contributed by atoms with van der Waals surface area (Å²) >= 11 is 0. The molecule has 0 fully saturated rings. The van der Waals surface area contributed by atoms with Crippen molar-refractivity contribution in [3.05, 3.63) is 24.3 Å². The van der Waals surface area contributed by atoms with Gasteiger partial charge in [0.25, 0.3) is 0 Å². The first kappa shape index (κ1) is 9.62. The van der Waals surface area contributed by atoms with E-state index in [9.17, 15) is 9.59 Å². The van der Waals surface area contributed by atoms with Crippen LogP contribution >= 0.6 is 0 Å². The third-order valence-electron chi connectivity index (χ3n) is 0.807. The molecule has 0 unspecified atom stereocenters. The van der Waals surface area contributed by atoms with Crippen molar-refractivity contribution in [3.8, 4) is 0 Å². The Morgan fingerprint density at radius 3 is 1.64 bits per heavy atom. The highest BCUT2D eigenvalue weighted by Gasteiger charge is 2.00. The molecule has 0 aromatic carbocycles. The number of allylic oxidation sites excluding steroid dienone is 2. The number of carbonyl (C=O) groups is 2. The van der Waals surface area contributed by atoms with E-state index in [0.717, 1.165) is 0 Å². The average Bonchev–Trinajstić information content (AvgIpc) is 1.87. The molecule has 0 heterocycles. The van der Waals surface area contributed by atoms with E-state index in [2.05, 4.69) is 4.74 Å². The summed E-state index contributed by atoms with van der Waals surface area (Å²) in [4.78, 5) is 21.1. The summed E-state index contributed by atoms with van der Waals surface area (Å²) in [6.07, 6.45) is 5.37. The highest BCUT2D eigenvalue weighted by molar-refractivity contribution is 5.96. The number of hydrogen-bond acceptors (Lipinski definition) is 3. The maximum atomic E-state index is 10.6. The smallest absolute Gasteiger partial charge is 0.338 e. The molecule has 0 saturated heterocycles. The number of ether oxygens (including phenoxy) is 1. The Morgan fingerprint density at radius 1 is 1.00 bits per heavy atom. The second-order valence-electron chi connectivity index (χ2n) is 1.74. The van der Waals surface area contributed by atoms with E-state index >= 15 is 0 Å². The lowest BCUT2D eigenvalue weighted by molar-refractivity contribution is -0.152. The molecule has 0 amide bonds. The summed E-state index contributed by atoms with van der Waals surface area (Å²) in [5.41, 5.74) is 0. The van der Waals surface area contributed by atoms with E-state index in [1.807, 2.05) is 0 Å². The fraction of sp³-hybridized carbons (Fsp3) is 0.250. The predicted molar refractivity (Wildman–Crippen MR) is 40.7 cm³/mol. The highest BCUT2D eigenvalue weighted by atomic mass is 16.6. The van der Waals surface area contributed by atoms with E-state index < -0.39 is 11.9 Å². The topological polar surface area (TPSA) is 43.4 Å². The van der Waals surface area contributed by atoms with Crippen LogP contribution < -0.4 is 0 Å². The van der Waals surface area contributed by atoms with Crippen molar-refractivity contribution in [1.29, 1.82) is 0 Å². The maximum Gasteiger partial charge on any atom is 0.338 e. The van der Waals surface area contributed by atoms with E-state index in [-0.39, 0.29) is 0 Å². The van der Waals surface area contributed by atoms with Crippen LogP contribution in [0.15, 0.2) is 24.3 Å². The molecular weight excluding hydrogens is 144 g/mol. The normalized spacial score (nSPS) is 10.7. The zero-order valence-corrected chi connectivity index (χ0v) is 6.53. The largest absolute Gasteiger partial charge is 0.387 e. The van der Waals surface area contributed by atoms with Crippen LogP contribution in [0.2, 0.25) is 0 Å². The van der Waals surface area contributed by atoms with Gasteiger partial charge in [0, 0.05) is 12.2 Å². The fourth-order valence-corrected chi connectivity index (χ4v) is 0.439. The average molecular weight is 154 g/mol. The molecule has 0 N–H and O–H groups in total. The quantitative estimate of drug-likeness (QED) is 0.341. The van der Waals surface area contributed by atoms with Crippen LogP contribution in [0.25, 0.3) is 0 Å². The number of hydrogen-bond donors (Lipinski definition) is 0. The van der Waals surface area contributed by atoms with Crippen molar-refractivity contribution in [2.24, 2.45) is 0 Å². The molecule has 0 aliphatic carbocycles. The van der Waals surface area contributed by atoms with Crippen molar-refractivity contribution in [3.63, 3.8) is 0 Å². The fourth-order valence-electron chi connectivity index (χ4n) is 0.439. The van der Waals surface area contributed by atoms with Gasteiger partial charge in [0.2, 0.25) is 0 Å². The van der Waals surface area contributed by atoms with Crippen molar-refractivity contribution in [2.45, 2.75) is 13.8 Å². The molecule has 0 rings (SSSR count). The first-order valence-corrected chi connectivity index (χ1v) is 3.22. The van der Waals surface area contributed by atoms with Crippen LogP contribution in [0, 0.1) is 0 Å². The Morgan fingerprint density at radius 2 is 1.36 bits per heavy atom. The molecule has 0 aliphatic rings. The molecule has 11 heavy (non-hydrogen) atoms. The van der Waals surface area contributed by atoms with Crippen LogP contribution in [0.4, 0.5) is 0 Å². The Balaban J connectivity index is 3.85. The van der Waals surface area contributed by atoms with Gasteiger partial charge >= 0.3 is 11.9 Å². The number of rotatable bonds is 2. The molecule has 0 spiro atoms. The minimum absolute atomic E-state index is 0.643. The Labute approximate surface area is 65.4 Å². The molecule has 0 aromatic heterocycles. The lowest BCUT2D eigenvalue weighted by atomic mass is 10.5. The summed E-state index contributed by atoms with van der Waals surface area (Å²) in [5.74, 6) is -1.29. The van der Waals surface area contributed by atoms with E-state index in [4.69, 9.17) is 0 Å². The minimum Gasteiger partial charge on any atom is -0.387 e. The van der Waals surface area contributed by atoms with Crippen LogP contribution in [-0.2, 0) is 14.3 Å². The molecule has 0 saturated carbocycles. The van der Waals surface area contributed by atoms with Gasteiger partial charge in [-0.15, -0.1) is 0 Å². The van der Waals surface area contributed by atoms with E-state index in [1.165, 1.54) is 24.3 Å². The summed E-state index contributed by atoms with van der Waals surface area (Å²) in [6.45, 7) is 3.34. The standard InChI is InChI=1S/C8H10O3/c1-3-5-7(9)11-8(10)6-4-2/h3-6H,1-2H3/b5-3-,6-4+. The van der Waals surface area contributed by atoms with Crippen LogP contribution in [0.3, 0.4) is 0 Å². The predicted octanol–water partition coefficient (Wildman–Crippen LogP) is 1.21.